The summed E-state index contributed by atoms with van der Waals surface area (Å²) < 4.78 is 23.7. The van der Waals surface area contributed by atoms with Crippen LogP contribution in [0.25, 0.3) is 0 Å². The van der Waals surface area contributed by atoms with Crippen LogP contribution in [-0.4, -0.2) is 18.9 Å². The second-order valence-corrected chi connectivity index (χ2v) is 9.90. The van der Waals surface area contributed by atoms with E-state index in [1.165, 1.54) is 0 Å². The maximum atomic E-state index is 12.3. The van der Waals surface area contributed by atoms with E-state index in [4.69, 9.17) is 0 Å². The van der Waals surface area contributed by atoms with Gasteiger partial charge in [-0.3, -0.25) is 4.79 Å². The molecule has 2 rings (SSSR count). The van der Waals surface area contributed by atoms with Crippen LogP contribution in [-0.2, 0) is 22.0 Å². The Labute approximate surface area is 144 Å². The first kappa shape index (κ1) is 18.4. The fourth-order valence-corrected chi connectivity index (χ4v) is 3.28. The second kappa shape index (κ2) is 6.89. The molecule has 0 saturated heterocycles. The summed E-state index contributed by atoms with van der Waals surface area (Å²) in [6.45, 7) is 7.10. The van der Waals surface area contributed by atoms with E-state index in [1.54, 1.807) is 45.0 Å². The van der Waals surface area contributed by atoms with Gasteiger partial charge in [-0.05, 0) is 38.8 Å². The number of hydrogen-bond acceptors (Lipinski definition) is 3. The molecule has 0 aliphatic rings. The van der Waals surface area contributed by atoms with Gasteiger partial charge in [-0.2, -0.15) is 0 Å². The Balaban J connectivity index is 2.09. The highest BCUT2D eigenvalue weighted by Gasteiger charge is 2.28. The van der Waals surface area contributed by atoms with Crippen LogP contribution in [0.2, 0.25) is 0 Å². The van der Waals surface area contributed by atoms with Gasteiger partial charge in [0.15, 0.2) is 15.6 Å². The van der Waals surface area contributed by atoms with Crippen molar-refractivity contribution in [1.82, 2.24) is 0 Å². The standard InChI is InChI=1S/C20H24O3S/c1-15-5-7-16(8-6-15)13-19(21)18-11-9-17(10-12-18)14-24(22,23)20(2,3)4/h5-12H,13-14H2,1-4H3. The van der Waals surface area contributed by atoms with E-state index < -0.39 is 14.6 Å². The SMILES string of the molecule is Cc1ccc(CC(=O)c2ccc(CS(=O)(=O)C(C)(C)C)cc2)cc1. The molecule has 0 fully saturated rings. The molecule has 0 atom stereocenters. The summed E-state index contributed by atoms with van der Waals surface area (Å²) in [6, 6.07) is 14.8. The van der Waals surface area contributed by atoms with Gasteiger partial charge in [0.05, 0.1) is 10.5 Å². The molecule has 0 aliphatic heterocycles. The summed E-state index contributed by atoms with van der Waals surface area (Å²) in [5, 5.41) is 0. The first-order valence-corrected chi connectivity index (χ1v) is 9.64. The van der Waals surface area contributed by atoms with Crippen LogP contribution in [0.3, 0.4) is 0 Å². The number of aryl methyl sites for hydroxylation is 1. The minimum atomic E-state index is -3.22. The van der Waals surface area contributed by atoms with Gasteiger partial charge in [0.1, 0.15) is 0 Å². The Hall–Kier alpha value is -1.94. The molecule has 0 aliphatic carbocycles. The minimum absolute atomic E-state index is 0.0110. The van der Waals surface area contributed by atoms with Gasteiger partial charge < -0.3 is 0 Å². The van der Waals surface area contributed by atoms with E-state index in [9.17, 15) is 13.2 Å². The van der Waals surface area contributed by atoms with Gasteiger partial charge in [-0.1, -0.05) is 54.1 Å². The van der Waals surface area contributed by atoms with E-state index in [-0.39, 0.29) is 11.5 Å². The molecule has 0 radical (unpaired) electrons. The van der Waals surface area contributed by atoms with Crippen molar-refractivity contribution in [2.45, 2.75) is 44.6 Å². The predicted octanol–water partition coefficient (Wildman–Crippen LogP) is 4.13. The second-order valence-electron chi connectivity index (χ2n) is 7.15. The molecule has 128 valence electrons. The first-order chi connectivity index (χ1) is 11.1. The lowest BCUT2D eigenvalue weighted by atomic mass is 10.0. The third kappa shape index (κ3) is 4.54. The van der Waals surface area contributed by atoms with Crippen LogP contribution < -0.4 is 0 Å². The Morgan fingerprint density at radius 1 is 0.875 bits per heavy atom. The smallest absolute Gasteiger partial charge is 0.167 e. The van der Waals surface area contributed by atoms with Crippen molar-refractivity contribution >= 4 is 15.6 Å². The lowest BCUT2D eigenvalue weighted by Crippen LogP contribution is -2.29. The Morgan fingerprint density at radius 3 is 1.88 bits per heavy atom. The molecule has 2 aromatic rings. The topological polar surface area (TPSA) is 51.2 Å². The predicted molar refractivity (Wildman–Crippen MR) is 98.0 cm³/mol. The zero-order valence-electron chi connectivity index (χ0n) is 14.7. The molecule has 0 spiro atoms. The van der Waals surface area contributed by atoms with Crippen molar-refractivity contribution in [2.75, 3.05) is 0 Å². The molecule has 0 amide bonds. The minimum Gasteiger partial charge on any atom is -0.294 e. The van der Waals surface area contributed by atoms with Crippen LogP contribution in [0.15, 0.2) is 48.5 Å². The van der Waals surface area contributed by atoms with Crippen LogP contribution in [0.5, 0.6) is 0 Å². The number of rotatable bonds is 5. The summed E-state index contributed by atoms with van der Waals surface area (Å²) in [4.78, 5) is 12.3. The molecule has 0 heterocycles. The van der Waals surface area contributed by atoms with E-state index in [0.29, 0.717) is 17.5 Å². The van der Waals surface area contributed by atoms with Crippen LogP contribution in [0.1, 0.15) is 47.8 Å². The third-order valence-corrected chi connectivity index (χ3v) is 6.63. The first-order valence-electron chi connectivity index (χ1n) is 7.98. The highest BCUT2D eigenvalue weighted by atomic mass is 32.2. The van der Waals surface area contributed by atoms with Gasteiger partial charge in [0.25, 0.3) is 0 Å². The van der Waals surface area contributed by atoms with Gasteiger partial charge in [0, 0.05) is 12.0 Å². The van der Waals surface area contributed by atoms with Crippen LogP contribution >= 0.6 is 0 Å². The molecule has 2 aromatic carbocycles. The number of Topliss-reactive ketones (excluding diaryl/α,β-unsaturated/α-hetero) is 1. The Morgan fingerprint density at radius 2 is 1.38 bits per heavy atom. The van der Waals surface area contributed by atoms with Crippen LogP contribution in [0.4, 0.5) is 0 Å². The summed E-state index contributed by atoms with van der Waals surface area (Å²) in [5.74, 6) is 0.0206. The quantitative estimate of drug-likeness (QED) is 0.766. The monoisotopic (exact) mass is 344 g/mol. The van der Waals surface area contributed by atoms with Crippen molar-refractivity contribution in [3.05, 3.63) is 70.8 Å². The molecule has 4 heteroatoms. The molecule has 3 nitrogen and oxygen atoms in total. The number of sulfone groups is 1. The van der Waals surface area contributed by atoms with Crippen molar-refractivity contribution < 1.29 is 13.2 Å². The van der Waals surface area contributed by atoms with Gasteiger partial charge in [-0.15, -0.1) is 0 Å². The number of carbonyl (C=O) groups is 1. The average Bonchev–Trinajstić information content (AvgIpc) is 2.49. The number of carbonyl (C=O) groups excluding carboxylic acids is 1. The van der Waals surface area contributed by atoms with E-state index >= 15 is 0 Å². The van der Waals surface area contributed by atoms with E-state index in [0.717, 1.165) is 11.1 Å². The maximum absolute atomic E-state index is 12.3. The average molecular weight is 344 g/mol. The fraction of sp³-hybridized carbons (Fsp3) is 0.350. The third-order valence-electron chi connectivity index (χ3n) is 4.05. The largest absolute Gasteiger partial charge is 0.294 e. The molecular weight excluding hydrogens is 320 g/mol. The molecule has 0 unspecified atom stereocenters. The Bertz CT molecular complexity index is 809. The number of benzene rings is 2. The lowest BCUT2D eigenvalue weighted by molar-refractivity contribution is 0.0993. The summed E-state index contributed by atoms with van der Waals surface area (Å²) in [6.07, 6.45) is 0.347. The molecule has 0 saturated carbocycles. The van der Waals surface area contributed by atoms with Gasteiger partial charge in [0.2, 0.25) is 0 Å². The summed E-state index contributed by atoms with van der Waals surface area (Å²) in [5.41, 5.74) is 3.45. The summed E-state index contributed by atoms with van der Waals surface area (Å²) >= 11 is 0. The molecule has 24 heavy (non-hydrogen) atoms. The Kier molecular flexibility index (Phi) is 5.29. The molecule has 0 N–H and O–H groups in total. The van der Waals surface area contributed by atoms with Crippen molar-refractivity contribution in [3.8, 4) is 0 Å². The highest BCUT2D eigenvalue weighted by molar-refractivity contribution is 7.91. The normalized spacial score (nSPS) is 12.2. The van der Waals surface area contributed by atoms with Crippen molar-refractivity contribution in [2.24, 2.45) is 0 Å². The van der Waals surface area contributed by atoms with E-state index in [2.05, 4.69) is 0 Å². The zero-order valence-corrected chi connectivity index (χ0v) is 15.5. The van der Waals surface area contributed by atoms with Crippen LogP contribution in [0, 0.1) is 6.92 Å². The lowest BCUT2D eigenvalue weighted by Gasteiger charge is -2.19. The molecule has 0 bridgehead atoms. The fourth-order valence-electron chi connectivity index (χ4n) is 2.22. The zero-order chi connectivity index (χ0) is 18.0. The van der Waals surface area contributed by atoms with E-state index in [1.807, 2.05) is 31.2 Å². The van der Waals surface area contributed by atoms with Gasteiger partial charge >= 0.3 is 0 Å². The molecule has 0 aromatic heterocycles. The summed E-state index contributed by atoms with van der Waals surface area (Å²) in [7, 11) is -3.22. The molecular formula is C20H24O3S. The van der Waals surface area contributed by atoms with Crippen molar-refractivity contribution in [1.29, 1.82) is 0 Å². The highest BCUT2D eigenvalue weighted by Crippen LogP contribution is 2.21. The maximum Gasteiger partial charge on any atom is 0.167 e. The number of hydrogen-bond donors (Lipinski definition) is 0. The van der Waals surface area contributed by atoms with Gasteiger partial charge in [-0.25, -0.2) is 8.42 Å². The van der Waals surface area contributed by atoms with Crippen molar-refractivity contribution in [3.63, 3.8) is 0 Å². The number of ketones is 1.